The topological polar surface area (TPSA) is 79.8 Å². The van der Waals surface area contributed by atoms with E-state index >= 15 is 0 Å². The van der Waals surface area contributed by atoms with Crippen molar-refractivity contribution in [3.63, 3.8) is 0 Å². The van der Waals surface area contributed by atoms with Crippen molar-refractivity contribution >= 4 is 45.3 Å². The van der Waals surface area contributed by atoms with Crippen molar-refractivity contribution < 1.29 is 19.1 Å². The molecular formula is C17H21BrClN3O4. The third-order valence-corrected chi connectivity index (χ3v) is 4.96. The lowest BCUT2D eigenvalue weighted by Crippen LogP contribution is -2.45. The molecule has 0 unspecified atom stereocenters. The second-order valence-corrected chi connectivity index (χ2v) is 7.33. The number of piperidine rings is 1. The van der Waals surface area contributed by atoms with Crippen LogP contribution in [0.3, 0.4) is 0 Å². The molecule has 0 aromatic carbocycles. The van der Waals surface area contributed by atoms with Crippen LogP contribution in [0.5, 0.6) is 0 Å². The van der Waals surface area contributed by atoms with Gasteiger partial charge < -0.3 is 14.5 Å². The largest absolute Gasteiger partial charge is 0.466 e. The first-order valence-electron chi connectivity index (χ1n) is 8.34. The van der Waals surface area contributed by atoms with Crippen LogP contribution in [0, 0.1) is 5.92 Å². The van der Waals surface area contributed by atoms with E-state index in [4.69, 9.17) is 16.3 Å². The number of halogens is 2. The molecule has 0 saturated carbocycles. The van der Waals surface area contributed by atoms with Gasteiger partial charge in [0, 0.05) is 30.8 Å². The van der Waals surface area contributed by atoms with Gasteiger partial charge in [0.1, 0.15) is 5.15 Å². The Balaban J connectivity index is 1.90. The average molecular weight is 447 g/mol. The molecule has 0 spiro atoms. The monoisotopic (exact) mass is 445 g/mol. The second-order valence-electron chi connectivity index (χ2n) is 6.06. The van der Waals surface area contributed by atoms with Crippen LogP contribution < -0.4 is 0 Å². The number of carbonyl (C=O) groups excluding carboxylic acids is 3. The fourth-order valence-electron chi connectivity index (χ4n) is 2.78. The summed E-state index contributed by atoms with van der Waals surface area (Å²) in [5.74, 6) is -0.908. The van der Waals surface area contributed by atoms with Gasteiger partial charge in [-0.2, -0.15) is 0 Å². The van der Waals surface area contributed by atoms with E-state index in [1.807, 2.05) is 0 Å². The standard InChI is InChI=1S/C17H21BrClN3O4/c1-3-26-17(25)11-4-6-22(7-5-11)14(23)10-21(2)16(24)13-8-12(18)9-20-15(13)19/h8-9,11H,3-7,10H2,1-2H3. The van der Waals surface area contributed by atoms with Crippen LogP contribution in [0.2, 0.25) is 5.15 Å². The molecule has 2 heterocycles. The summed E-state index contributed by atoms with van der Waals surface area (Å²) < 4.78 is 5.66. The van der Waals surface area contributed by atoms with E-state index in [9.17, 15) is 14.4 Å². The summed E-state index contributed by atoms with van der Waals surface area (Å²) in [5, 5.41) is 0.0905. The van der Waals surface area contributed by atoms with E-state index in [1.165, 1.54) is 11.1 Å². The number of likely N-dealkylation sites (tertiary alicyclic amines) is 1. The quantitative estimate of drug-likeness (QED) is 0.512. The number of pyridine rings is 1. The van der Waals surface area contributed by atoms with Gasteiger partial charge in [0.25, 0.3) is 5.91 Å². The van der Waals surface area contributed by atoms with Crippen molar-refractivity contribution in [1.29, 1.82) is 0 Å². The summed E-state index contributed by atoms with van der Waals surface area (Å²) in [4.78, 5) is 43.6. The molecule has 1 aliphatic heterocycles. The van der Waals surface area contributed by atoms with E-state index in [1.54, 1.807) is 24.9 Å². The van der Waals surface area contributed by atoms with Crippen molar-refractivity contribution in [1.82, 2.24) is 14.8 Å². The molecule has 0 N–H and O–H groups in total. The Kier molecular flexibility index (Phi) is 7.40. The van der Waals surface area contributed by atoms with Gasteiger partial charge in [-0.3, -0.25) is 14.4 Å². The fourth-order valence-corrected chi connectivity index (χ4v) is 3.29. The highest BCUT2D eigenvalue weighted by Crippen LogP contribution is 2.21. The van der Waals surface area contributed by atoms with Crippen LogP contribution in [-0.2, 0) is 14.3 Å². The number of rotatable bonds is 5. The molecule has 7 nitrogen and oxygen atoms in total. The zero-order valence-electron chi connectivity index (χ0n) is 14.7. The van der Waals surface area contributed by atoms with Crippen LogP contribution in [0.25, 0.3) is 0 Å². The average Bonchev–Trinajstić information content (AvgIpc) is 2.63. The van der Waals surface area contributed by atoms with Gasteiger partial charge in [0.15, 0.2) is 0 Å². The highest BCUT2D eigenvalue weighted by molar-refractivity contribution is 9.10. The maximum Gasteiger partial charge on any atom is 0.309 e. The van der Waals surface area contributed by atoms with Crippen LogP contribution in [0.15, 0.2) is 16.7 Å². The predicted molar refractivity (Wildman–Crippen MR) is 99.8 cm³/mol. The molecule has 0 aliphatic carbocycles. The number of hydrogen-bond donors (Lipinski definition) is 0. The van der Waals surface area contributed by atoms with E-state index in [2.05, 4.69) is 20.9 Å². The van der Waals surface area contributed by atoms with E-state index in [0.29, 0.717) is 37.0 Å². The molecule has 9 heteroatoms. The van der Waals surface area contributed by atoms with E-state index < -0.39 is 0 Å². The minimum Gasteiger partial charge on any atom is -0.466 e. The Labute approximate surface area is 165 Å². The Bertz CT molecular complexity index is 693. The van der Waals surface area contributed by atoms with Gasteiger partial charge in [-0.05, 0) is 41.8 Å². The number of amides is 2. The molecule has 2 amide bonds. The Morgan fingerprint density at radius 1 is 1.38 bits per heavy atom. The van der Waals surface area contributed by atoms with Gasteiger partial charge >= 0.3 is 5.97 Å². The van der Waals surface area contributed by atoms with Crippen LogP contribution in [0.4, 0.5) is 0 Å². The number of hydrogen-bond acceptors (Lipinski definition) is 5. The van der Waals surface area contributed by atoms with Crippen molar-refractivity contribution in [2.75, 3.05) is 33.3 Å². The summed E-state index contributed by atoms with van der Waals surface area (Å²) in [7, 11) is 1.54. The molecule has 26 heavy (non-hydrogen) atoms. The summed E-state index contributed by atoms with van der Waals surface area (Å²) in [5.41, 5.74) is 0.234. The van der Waals surface area contributed by atoms with Crippen LogP contribution >= 0.6 is 27.5 Å². The minimum atomic E-state index is -0.376. The molecule has 0 radical (unpaired) electrons. The molecule has 142 valence electrons. The number of ether oxygens (including phenoxy) is 1. The normalized spacial score (nSPS) is 14.8. The predicted octanol–water partition coefficient (Wildman–Crippen LogP) is 2.37. The van der Waals surface area contributed by atoms with E-state index in [0.717, 1.165) is 0 Å². The molecule has 1 fully saturated rings. The van der Waals surface area contributed by atoms with Crippen molar-refractivity contribution in [2.24, 2.45) is 5.92 Å². The molecular weight excluding hydrogens is 426 g/mol. The summed E-state index contributed by atoms with van der Waals surface area (Å²) in [6.07, 6.45) is 2.64. The second kappa shape index (κ2) is 9.32. The third-order valence-electron chi connectivity index (χ3n) is 4.22. The highest BCUT2D eigenvalue weighted by atomic mass is 79.9. The number of aromatic nitrogens is 1. The smallest absolute Gasteiger partial charge is 0.309 e. The fraction of sp³-hybridized carbons (Fsp3) is 0.529. The van der Waals surface area contributed by atoms with E-state index in [-0.39, 0.29) is 41.0 Å². The maximum atomic E-state index is 12.5. The Hall–Kier alpha value is -1.67. The number of nitrogens with zero attached hydrogens (tertiary/aromatic N) is 3. The zero-order valence-corrected chi connectivity index (χ0v) is 17.0. The lowest BCUT2D eigenvalue weighted by Gasteiger charge is -2.32. The maximum absolute atomic E-state index is 12.5. The third kappa shape index (κ3) is 5.17. The lowest BCUT2D eigenvalue weighted by atomic mass is 9.97. The number of esters is 1. The lowest BCUT2D eigenvalue weighted by molar-refractivity contribution is -0.151. The SMILES string of the molecule is CCOC(=O)C1CCN(C(=O)CN(C)C(=O)c2cc(Br)cnc2Cl)CC1. The van der Waals surface area contributed by atoms with Gasteiger partial charge in [0.05, 0.1) is 24.6 Å². The summed E-state index contributed by atoms with van der Waals surface area (Å²) in [6.45, 7) is 3.02. The molecule has 0 bridgehead atoms. The van der Waals surface area contributed by atoms with Crippen molar-refractivity contribution in [3.05, 3.63) is 27.5 Å². The number of likely N-dealkylation sites (N-methyl/N-ethyl adjacent to an activating group) is 1. The van der Waals surface area contributed by atoms with Gasteiger partial charge in [-0.25, -0.2) is 4.98 Å². The van der Waals surface area contributed by atoms with Crippen molar-refractivity contribution in [3.8, 4) is 0 Å². The molecule has 0 atom stereocenters. The van der Waals surface area contributed by atoms with Crippen LogP contribution in [-0.4, -0.2) is 65.9 Å². The Morgan fingerprint density at radius 3 is 2.65 bits per heavy atom. The molecule has 1 aliphatic rings. The highest BCUT2D eigenvalue weighted by Gasteiger charge is 2.29. The minimum absolute atomic E-state index is 0.0637. The summed E-state index contributed by atoms with van der Waals surface area (Å²) >= 11 is 9.22. The molecule has 1 aromatic heterocycles. The molecule has 2 rings (SSSR count). The zero-order chi connectivity index (χ0) is 19.3. The summed E-state index contributed by atoms with van der Waals surface area (Å²) in [6, 6.07) is 1.57. The van der Waals surface area contributed by atoms with Gasteiger partial charge in [-0.15, -0.1) is 0 Å². The molecule has 1 saturated heterocycles. The Morgan fingerprint density at radius 2 is 2.04 bits per heavy atom. The first-order chi connectivity index (χ1) is 12.3. The molecule has 1 aromatic rings. The van der Waals surface area contributed by atoms with Gasteiger partial charge in [0.2, 0.25) is 5.91 Å². The van der Waals surface area contributed by atoms with Gasteiger partial charge in [-0.1, -0.05) is 11.6 Å². The van der Waals surface area contributed by atoms with Crippen LogP contribution in [0.1, 0.15) is 30.1 Å². The first-order valence-corrected chi connectivity index (χ1v) is 9.51. The van der Waals surface area contributed by atoms with Crippen molar-refractivity contribution in [2.45, 2.75) is 19.8 Å². The first kappa shape index (κ1) is 20.6. The number of carbonyl (C=O) groups is 3.